The molecule has 2 N–H and O–H groups in total. The molecule has 0 saturated carbocycles. The number of anilines is 1. The molecule has 0 saturated heterocycles. The lowest BCUT2D eigenvalue weighted by molar-refractivity contribution is 0.0698. The number of carboxylic acids is 1. The van der Waals surface area contributed by atoms with E-state index >= 15 is 0 Å². The second-order valence-electron chi connectivity index (χ2n) is 2.37. The second-order valence-corrected chi connectivity index (χ2v) is 4.14. The third kappa shape index (κ3) is 2.22. The van der Waals surface area contributed by atoms with Gasteiger partial charge in [0.1, 0.15) is 0 Å². The van der Waals surface area contributed by atoms with Gasteiger partial charge in [0.2, 0.25) is 0 Å². The molecular formula is C8H7Br2NO2. The molecule has 0 aliphatic carbocycles. The number of halogens is 2. The minimum absolute atomic E-state index is 0.240. The molecule has 0 amide bonds. The Labute approximate surface area is 92.4 Å². The average molecular weight is 309 g/mol. The molecule has 0 heterocycles. The van der Waals surface area contributed by atoms with E-state index in [4.69, 9.17) is 5.11 Å². The molecule has 13 heavy (non-hydrogen) atoms. The van der Waals surface area contributed by atoms with Crippen LogP contribution < -0.4 is 5.32 Å². The normalized spacial score (nSPS) is 9.77. The van der Waals surface area contributed by atoms with Crippen LogP contribution in [0, 0.1) is 0 Å². The van der Waals surface area contributed by atoms with Gasteiger partial charge in [-0.25, -0.2) is 4.79 Å². The maximum absolute atomic E-state index is 10.8. The lowest BCUT2D eigenvalue weighted by atomic mass is 10.2. The molecule has 1 aromatic rings. The van der Waals surface area contributed by atoms with Crippen LogP contribution in [0.4, 0.5) is 5.69 Å². The van der Waals surface area contributed by atoms with Gasteiger partial charge < -0.3 is 10.4 Å². The summed E-state index contributed by atoms with van der Waals surface area (Å²) in [5.41, 5.74) is 0.819. The number of hydrogen-bond donors (Lipinski definition) is 2. The Morgan fingerprint density at radius 2 is 2.08 bits per heavy atom. The van der Waals surface area contributed by atoms with Crippen molar-refractivity contribution in [3.63, 3.8) is 0 Å². The van der Waals surface area contributed by atoms with Crippen molar-refractivity contribution in [2.75, 3.05) is 12.4 Å². The highest BCUT2D eigenvalue weighted by Crippen LogP contribution is 2.30. The minimum Gasteiger partial charge on any atom is -0.478 e. The Kier molecular flexibility index (Phi) is 3.33. The van der Waals surface area contributed by atoms with Crippen LogP contribution >= 0.6 is 31.9 Å². The summed E-state index contributed by atoms with van der Waals surface area (Å²) < 4.78 is 1.46. The summed E-state index contributed by atoms with van der Waals surface area (Å²) in [6, 6.07) is 3.34. The van der Waals surface area contributed by atoms with E-state index in [-0.39, 0.29) is 5.56 Å². The molecule has 70 valence electrons. The van der Waals surface area contributed by atoms with Crippen molar-refractivity contribution < 1.29 is 9.90 Å². The van der Waals surface area contributed by atoms with E-state index in [2.05, 4.69) is 37.2 Å². The molecule has 1 aromatic carbocycles. The van der Waals surface area contributed by atoms with Crippen molar-refractivity contribution in [1.82, 2.24) is 0 Å². The Balaban J connectivity index is 3.38. The van der Waals surface area contributed by atoms with Crippen LogP contribution in [-0.4, -0.2) is 18.1 Å². The van der Waals surface area contributed by atoms with Crippen molar-refractivity contribution in [3.8, 4) is 0 Å². The maximum atomic E-state index is 10.8. The zero-order valence-corrected chi connectivity index (χ0v) is 9.94. The van der Waals surface area contributed by atoms with Gasteiger partial charge in [-0.15, -0.1) is 0 Å². The average Bonchev–Trinajstić information content (AvgIpc) is 2.02. The Morgan fingerprint density at radius 3 is 2.54 bits per heavy atom. The third-order valence-corrected chi connectivity index (χ3v) is 2.62. The third-order valence-electron chi connectivity index (χ3n) is 1.54. The fourth-order valence-electron chi connectivity index (χ4n) is 0.996. The Hall–Kier alpha value is -0.550. The highest BCUT2D eigenvalue weighted by molar-refractivity contribution is 9.11. The predicted octanol–water partition coefficient (Wildman–Crippen LogP) is 2.95. The number of rotatable bonds is 2. The molecule has 0 atom stereocenters. The first-order chi connectivity index (χ1) is 6.06. The molecule has 0 spiro atoms. The Bertz CT molecular complexity index is 352. The van der Waals surface area contributed by atoms with Gasteiger partial charge in [0.15, 0.2) is 0 Å². The molecule has 0 aliphatic heterocycles. The SMILES string of the molecule is CNc1c(Br)cc(Br)cc1C(=O)O. The van der Waals surface area contributed by atoms with Gasteiger partial charge in [-0.1, -0.05) is 15.9 Å². The standard InChI is InChI=1S/C8H7Br2NO2/c1-11-7-5(8(12)13)2-4(9)3-6(7)10/h2-3,11H,1H3,(H,12,13). The summed E-state index contributed by atoms with van der Waals surface area (Å²) in [6.45, 7) is 0. The number of hydrogen-bond acceptors (Lipinski definition) is 2. The fourth-order valence-corrected chi connectivity index (χ4v) is 2.42. The zero-order chi connectivity index (χ0) is 10.0. The molecule has 1 rings (SSSR count). The highest BCUT2D eigenvalue weighted by Gasteiger charge is 2.12. The highest BCUT2D eigenvalue weighted by atomic mass is 79.9. The van der Waals surface area contributed by atoms with Crippen LogP contribution in [0.25, 0.3) is 0 Å². The van der Waals surface area contributed by atoms with E-state index < -0.39 is 5.97 Å². The predicted molar refractivity (Wildman–Crippen MR) is 58.3 cm³/mol. The lowest BCUT2D eigenvalue weighted by Crippen LogP contribution is -2.03. The monoisotopic (exact) mass is 307 g/mol. The first-order valence-electron chi connectivity index (χ1n) is 3.46. The summed E-state index contributed by atoms with van der Waals surface area (Å²) >= 11 is 6.49. The summed E-state index contributed by atoms with van der Waals surface area (Å²) in [5.74, 6) is -0.952. The van der Waals surface area contributed by atoms with Crippen molar-refractivity contribution in [2.45, 2.75) is 0 Å². The summed E-state index contributed by atoms with van der Waals surface area (Å²) in [4.78, 5) is 10.8. The molecular weight excluding hydrogens is 302 g/mol. The van der Waals surface area contributed by atoms with Crippen LogP contribution in [0.5, 0.6) is 0 Å². The van der Waals surface area contributed by atoms with Crippen LogP contribution in [0.3, 0.4) is 0 Å². The zero-order valence-electron chi connectivity index (χ0n) is 6.77. The molecule has 5 heteroatoms. The van der Waals surface area contributed by atoms with Crippen molar-refractivity contribution in [2.24, 2.45) is 0 Å². The second kappa shape index (κ2) is 4.11. The molecule has 0 unspecified atom stereocenters. The lowest BCUT2D eigenvalue weighted by Gasteiger charge is -2.08. The van der Waals surface area contributed by atoms with Gasteiger partial charge in [-0.2, -0.15) is 0 Å². The number of carbonyl (C=O) groups is 1. The summed E-state index contributed by atoms with van der Waals surface area (Å²) in [6.07, 6.45) is 0. The van der Waals surface area contributed by atoms with Crippen LogP contribution in [-0.2, 0) is 0 Å². The van der Waals surface area contributed by atoms with Gasteiger partial charge >= 0.3 is 5.97 Å². The molecule has 0 aliphatic rings. The van der Waals surface area contributed by atoms with Crippen LogP contribution in [0.2, 0.25) is 0 Å². The van der Waals surface area contributed by atoms with Crippen molar-refractivity contribution in [3.05, 3.63) is 26.6 Å². The molecule has 0 fully saturated rings. The number of carboxylic acid groups (broad SMARTS) is 1. The minimum atomic E-state index is -0.952. The van der Waals surface area contributed by atoms with Crippen LogP contribution in [0.15, 0.2) is 21.1 Å². The van der Waals surface area contributed by atoms with E-state index in [1.165, 1.54) is 0 Å². The van der Waals surface area contributed by atoms with Crippen molar-refractivity contribution >= 4 is 43.5 Å². The summed E-state index contributed by atoms with van der Waals surface area (Å²) in [5, 5.41) is 11.7. The van der Waals surface area contributed by atoms with E-state index in [0.717, 1.165) is 8.95 Å². The maximum Gasteiger partial charge on any atom is 0.337 e. The molecule has 3 nitrogen and oxygen atoms in total. The first-order valence-corrected chi connectivity index (χ1v) is 5.05. The Morgan fingerprint density at radius 1 is 1.46 bits per heavy atom. The van der Waals surface area contributed by atoms with E-state index in [1.807, 2.05) is 0 Å². The van der Waals surface area contributed by atoms with E-state index in [1.54, 1.807) is 19.2 Å². The number of nitrogens with one attached hydrogen (secondary N) is 1. The first kappa shape index (κ1) is 10.5. The van der Waals surface area contributed by atoms with E-state index in [0.29, 0.717) is 5.69 Å². The number of benzene rings is 1. The van der Waals surface area contributed by atoms with Gasteiger partial charge in [0.05, 0.1) is 11.3 Å². The topological polar surface area (TPSA) is 49.3 Å². The molecule has 0 radical (unpaired) electrons. The fraction of sp³-hybridized carbons (Fsp3) is 0.125. The van der Waals surface area contributed by atoms with Crippen molar-refractivity contribution in [1.29, 1.82) is 0 Å². The van der Waals surface area contributed by atoms with E-state index in [9.17, 15) is 4.79 Å². The largest absolute Gasteiger partial charge is 0.478 e. The van der Waals surface area contributed by atoms with Gasteiger partial charge in [-0.3, -0.25) is 0 Å². The number of aromatic carboxylic acids is 1. The van der Waals surface area contributed by atoms with Crippen LogP contribution in [0.1, 0.15) is 10.4 Å². The molecule has 0 aromatic heterocycles. The quantitative estimate of drug-likeness (QED) is 0.883. The van der Waals surface area contributed by atoms with Gasteiger partial charge in [0.25, 0.3) is 0 Å². The molecule has 0 bridgehead atoms. The van der Waals surface area contributed by atoms with Gasteiger partial charge in [0, 0.05) is 16.0 Å². The smallest absolute Gasteiger partial charge is 0.337 e. The van der Waals surface area contributed by atoms with Gasteiger partial charge in [-0.05, 0) is 28.1 Å². The summed E-state index contributed by atoms with van der Waals surface area (Å²) in [7, 11) is 1.68.